The van der Waals surface area contributed by atoms with Crippen LogP contribution in [0.3, 0.4) is 0 Å². The molecule has 6 nitrogen and oxygen atoms in total. The summed E-state index contributed by atoms with van der Waals surface area (Å²) in [4.78, 5) is 4.71. The van der Waals surface area contributed by atoms with Crippen molar-refractivity contribution in [3.8, 4) is 22.8 Å². The van der Waals surface area contributed by atoms with Crippen LogP contribution in [-0.4, -0.2) is 38.9 Å². The highest BCUT2D eigenvalue weighted by Gasteiger charge is 2.19. The Kier molecular flexibility index (Phi) is 3.97. The van der Waals surface area contributed by atoms with Crippen LogP contribution in [0.5, 0.6) is 11.5 Å². The van der Waals surface area contributed by atoms with E-state index in [4.69, 9.17) is 9.72 Å². The SMILES string of the molecule is Cc1ccc2nc(-c3ccc(O)c(O)c3)c(NC[C@@H]3CCCO3)n2c1. The van der Waals surface area contributed by atoms with Crippen LogP contribution in [0, 0.1) is 6.92 Å². The van der Waals surface area contributed by atoms with Gasteiger partial charge in [-0.05, 0) is 49.6 Å². The maximum atomic E-state index is 9.85. The van der Waals surface area contributed by atoms with Gasteiger partial charge in [0.05, 0.1) is 6.10 Å². The second kappa shape index (κ2) is 6.29. The Morgan fingerprint density at radius 3 is 2.88 bits per heavy atom. The van der Waals surface area contributed by atoms with Gasteiger partial charge in [-0.3, -0.25) is 4.40 Å². The minimum atomic E-state index is -0.157. The van der Waals surface area contributed by atoms with Crippen molar-refractivity contribution in [2.75, 3.05) is 18.5 Å². The summed E-state index contributed by atoms with van der Waals surface area (Å²) in [5.41, 5.74) is 3.43. The molecule has 3 N–H and O–H groups in total. The Morgan fingerprint density at radius 2 is 2.12 bits per heavy atom. The third-order valence-corrected chi connectivity index (χ3v) is 4.54. The lowest BCUT2D eigenvalue weighted by atomic mass is 10.1. The summed E-state index contributed by atoms with van der Waals surface area (Å²) >= 11 is 0. The molecule has 6 heteroatoms. The number of fused-ring (bicyclic) bond motifs is 1. The molecule has 0 saturated carbocycles. The average Bonchev–Trinajstić information content (AvgIpc) is 3.23. The van der Waals surface area contributed by atoms with Crippen LogP contribution in [0.25, 0.3) is 16.9 Å². The van der Waals surface area contributed by atoms with Gasteiger partial charge in [0.2, 0.25) is 0 Å². The number of nitrogens with zero attached hydrogens (tertiary/aromatic N) is 2. The third kappa shape index (κ3) is 3.00. The monoisotopic (exact) mass is 339 g/mol. The van der Waals surface area contributed by atoms with E-state index in [-0.39, 0.29) is 17.6 Å². The van der Waals surface area contributed by atoms with Crippen LogP contribution in [0.1, 0.15) is 18.4 Å². The molecule has 0 aliphatic carbocycles. The summed E-state index contributed by atoms with van der Waals surface area (Å²) in [6.45, 7) is 3.56. The molecule has 1 aliphatic rings. The van der Waals surface area contributed by atoms with Gasteiger partial charge in [0.15, 0.2) is 11.5 Å². The van der Waals surface area contributed by atoms with Gasteiger partial charge in [0.1, 0.15) is 17.2 Å². The summed E-state index contributed by atoms with van der Waals surface area (Å²) < 4.78 is 7.72. The van der Waals surface area contributed by atoms with E-state index in [0.717, 1.165) is 47.7 Å². The largest absolute Gasteiger partial charge is 0.504 e. The van der Waals surface area contributed by atoms with Crippen molar-refractivity contribution in [3.63, 3.8) is 0 Å². The highest BCUT2D eigenvalue weighted by atomic mass is 16.5. The molecule has 2 aromatic heterocycles. The van der Waals surface area contributed by atoms with Crippen molar-refractivity contribution in [1.82, 2.24) is 9.38 Å². The van der Waals surface area contributed by atoms with E-state index >= 15 is 0 Å². The normalized spacial score (nSPS) is 17.2. The van der Waals surface area contributed by atoms with Gasteiger partial charge in [0.25, 0.3) is 0 Å². The van der Waals surface area contributed by atoms with Crippen molar-refractivity contribution in [2.24, 2.45) is 0 Å². The average molecular weight is 339 g/mol. The molecule has 130 valence electrons. The fourth-order valence-electron chi connectivity index (χ4n) is 3.21. The lowest BCUT2D eigenvalue weighted by Gasteiger charge is -2.13. The number of nitrogens with one attached hydrogen (secondary N) is 1. The van der Waals surface area contributed by atoms with E-state index < -0.39 is 0 Å². The molecule has 0 spiro atoms. The summed E-state index contributed by atoms with van der Waals surface area (Å²) in [6.07, 6.45) is 4.38. The Morgan fingerprint density at radius 1 is 1.24 bits per heavy atom. The number of phenolic OH excluding ortho intramolecular Hbond substituents is 2. The zero-order valence-electron chi connectivity index (χ0n) is 14.1. The number of aryl methyl sites for hydroxylation is 1. The molecule has 1 aromatic carbocycles. The van der Waals surface area contributed by atoms with Crippen molar-refractivity contribution < 1.29 is 14.9 Å². The summed E-state index contributed by atoms with van der Waals surface area (Å²) in [5, 5.41) is 22.9. The topological polar surface area (TPSA) is 79.0 Å². The first-order valence-electron chi connectivity index (χ1n) is 8.48. The molecule has 1 saturated heterocycles. The first-order chi connectivity index (χ1) is 12.1. The number of imidazole rings is 1. The summed E-state index contributed by atoms with van der Waals surface area (Å²) in [5.74, 6) is 0.562. The molecule has 1 aliphatic heterocycles. The molecular formula is C19H21N3O3. The van der Waals surface area contributed by atoms with Gasteiger partial charge in [0, 0.05) is 24.9 Å². The number of phenols is 2. The number of aromatic nitrogens is 2. The number of rotatable bonds is 4. The van der Waals surface area contributed by atoms with Gasteiger partial charge < -0.3 is 20.3 Å². The number of anilines is 1. The van der Waals surface area contributed by atoms with Crippen LogP contribution in [0.2, 0.25) is 0 Å². The molecule has 0 amide bonds. The molecule has 1 atom stereocenters. The standard InChI is InChI=1S/C19H21N3O3/c1-12-4-7-17-21-18(13-5-6-15(23)16(24)9-13)19(22(17)11-12)20-10-14-3-2-8-25-14/h4-7,9,11,14,20,23-24H,2-3,8,10H2,1H3/t14-/m0/s1. The summed E-state index contributed by atoms with van der Waals surface area (Å²) in [6, 6.07) is 8.74. The zero-order chi connectivity index (χ0) is 17.4. The molecule has 0 radical (unpaired) electrons. The van der Waals surface area contributed by atoms with Gasteiger partial charge >= 0.3 is 0 Å². The van der Waals surface area contributed by atoms with Gasteiger partial charge in [-0.15, -0.1) is 0 Å². The highest BCUT2D eigenvalue weighted by molar-refractivity contribution is 5.78. The summed E-state index contributed by atoms with van der Waals surface area (Å²) in [7, 11) is 0. The first-order valence-corrected chi connectivity index (χ1v) is 8.48. The molecule has 4 rings (SSSR count). The first kappa shape index (κ1) is 15.8. The third-order valence-electron chi connectivity index (χ3n) is 4.54. The Bertz CT molecular complexity index is 914. The van der Waals surface area contributed by atoms with Crippen LogP contribution < -0.4 is 5.32 Å². The van der Waals surface area contributed by atoms with Gasteiger partial charge in [-0.1, -0.05) is 6.07 Å². The van der Waals surface area contributed by atoms with Crippen LogP contribution >= 0.6 is 0 Å². The lowest BCUT2D eigenvalue weighted by Crippen LogP contribution is -2.19. The van der Waals surface area contributed by atoms with Crippen molar-refractivity contribution in [1.29, 1.82) is 0 Å². The second-order valence-electron chi connectivity index (χ2n) is 6.46. The van der Waals surface area contributed by atoms with Crippen molar-refractivity contribution >= 4 is 11.5 Å². The van der Waals surface area contributed by atoms with Crippen LogP contribution in [0.15, 0.2) is 36.5 Å². The molecule has 3 heterocycles. The Hall–Kier alpha value is -2.73. The van der Waals surface area contributed by atoms with Crippen molar-refractivity contribution in [2.45, 2.75) is 25.9 Å². The molecular weight excluding hydrogens is 318 g/mol. The Labute approximate surface area is 145 Å². The minimum Gasteiger partial charge on any atom is -0.504 e. The van der Waals surface area contributed by atoms with E-state index in [0.29, 0.717) is 6.54 Å². The zero-order valence-corrected chi connectivity index (χ0v) is 14.1. The second-order valence-corrected chi connectivity index (χ2v) is 6.46. The van der Waals surface area contributed by atoms with E-state index in [1.807, 2.05) is 29.7 Å². The van der Waals surface area contributed by atoms with Crippen LogP contribution in [0.4, 0.5) is 5.82 Å². The van der Waals surface area contributed by atoms with E-state index in [1.54, 1.807) is 6.07 Å². The number of hydrogen-bond donors (Lipinski definition) is 3. The maximum Gasteiger partial charge on any atom is 0.158 e. The highest BCUT2D eigenvalue weighted by Crippen LogP contribution is 2.34. The molecule has 25 heavy (non-hydrogen) atoms. The predicted molar refractivity (Wildman–Crippen MR) is 96.2 cm³/mol. The Balaban J connectivity index is 1.78. The lowest BCUT2D eigenvalue weighted by molar-refractivity contribution is 0.120. The molecule has 3 aromatic rings. The fourth-order valence-corrected chi connectivity index (χ4v) is 3.21. The maximum absolute atomic E-state index is 9.85. The molecule has 0 unspecified atom stereocenters. The van der Waals surface area contributed by atoms with Gasteiger partial charge in [-0.2, -0.15) is 0 Å². The number of benzene rings is 1. The molecule has 0 bridgehead atoms. The van der Waals surface area contributed by atoms with E-state index in [1.165, 1.54) is 12.1 Å². The quantitative estimate of drug-likeness (QED) is 0.636. The van der Waals surface area contributed by atoms with Crippen molar-refractivity contribution in [3.05, 3.63) is 42.1 Å². The molecule has 1 fully saturated rings. The number of ether oxygens (including phenoxy) is 1. The van der Waals surface area contributed by atoms with E-state index in [9.17, 15) is 10.2 Å². The number of aromatic hydroxyl groups is 2. The fraction of sp³-hybridized carbons (Fsp3) is 0.316. The predicted octanol–water partition coefficient (Wildman–Crippen LogP) is 3.31. The number of hydrogen-bond acceptors (Lipinski definition) is 5. The van der Waals surface area contributed by atoms with Gasteiger partial charge in [-0.25, -0.2) is 4.98 Å². The smallest absolute Gasteiger partial charge is 0.158 e. The number of pyridine rings is 1. The minimum absolute atomic E-state index is 0.141. The van der Waals surface area contributed by atoms with Crippen LogP contribution in [-0.2, 0) is 4.74 Å². The van der Waals surface area contributed by atoms with E-state index in [2.05, 4.69) is 5.32 Å².